The Balaban J connectivity index is 2.30. The van der Waals surface area contributed by atoms with Crippen molar-refractivity contribution in [1.82, 2.24) is 10.2 Å². The van der Waals surface area contributed by atoms with Gasteiger partial charge in [-0.3, -0.25) is 0 Å². The first kappa shape index (κ1) is 14.5. The van der Waals surface area contributed by atoms with Crippen LogP contribution in [0, 0.1) is 11.3 Å². The summed E-state index contributed by atoms with van der Waals surface area (Å²) in [6.07, 6.45) is 7.57. The van der Waals surface area contributed by atoms with Crippen molar-refractivity contribution >= 4 is 0 Å². The van der Waals surface area contributed by atoms with Crippen molar-refractivity contribution in [2.24, 2.45) is 0 Å². The molecule has 1 aliphatic carbocycles. The van der Waals surface area contributed by atoms with Crippen molar-refractivity contribution in [3.05, 3.63) is 0 Å². The van der Waals surface area contributed by atoms with Gasteiger partial charge >= 0.3 is 0 Å². The van der Waals surface area contributed by atoms with Crippen molar-refractivity contribution in [3.63, 3.8) is 0 Å². The molecule has 1 rings (SSSR count). The van der Waals surface area contributed by atoms with Crippen molar-refractivity contribution in [3.8, 4) is 6.07 Å². The van der Waals surface area contributed by atoms with E-state index in [0.717, 1.165) is 32.0 Å². The molecule has 0 aromatic carbocycles. The van der Waals surface area contributed by atoms with Gasteiger partial charge in [-0.2, -0.15) is 5.26 Å². The second kappa shape index (κ2) is 6.98. The molecule has 3 nitrogen and oxygen atoms in total. The smallest absolute Gasteiger partial charge is 0.103 e. The van der Waals surface area contributed by atoms with Gasteiger partial charge in [0.05, 0.1) is 6.07 Å². The van der Waals surface area contributed by atoms with Gasteiger partial charge in [-0.1, -0.05) is 19.8 Å². The van der Waals surface area contributed by atoms with Gasteiger partial charge in [0.25, 0.3) is 0 Å². The van der Waals surface area contributed by atoms with Gasteiger partial charge in [-0.15, -0.1) is 0 Å². The molecule has 0 aliphatic heterocycles. The van der Waals surface area contributed by atoms with Crippen molar-refractivity contribution in [2.75, 3.05) is 20.1 Å². The third-order valence-corrected chi connectivity index (χ3v) is 4.17. The van der Waals surface area contributed by atoms with Crippen LogP contribution in [-0.2, 0) is 0 Å². The van der Waals surface area contributed by atoms with Crippen LogP contribution in [0.3, 0.4) is 0 Å². The molecule has 0 heterocycles. The van der Waals surface area contributed by atoms with Crippen LogP contribution in [0.5, 0.6) is 0 Å². The molecule has 1 N–H and O–H groups in total. The monoisotopic (exact) mass is 237 g/mol. The molecule has 3 heteroatoms. The van der Waals surface area contributed by atoms with E-state index in [9.17, 15) is 0 Å². The van der Waals surface area contributed by atoms with E-state index in [1.165, 1.54) is 25.7 Å². The first-order chi connectivity index (χ1) is 8.15. The highest BCUT2D eigenvalue weighted by molar-refractivity contribution is 5.02. The van der Waals surface area contributed by atoms with E-state index in [4.69, 9.17) is 5.26 Å². The summed E-state index contributed by atoms with van der Waals surface area (Å²) in [4.78, 5) is 2.60. The molecule has 1 unspecified atom stereocenters. The SMILES string of the molecule is CCN(CCCC(C)(C#N)NC)C1CCCC1. The fourth-order valence-electron chi connectivity index (χ4n) is 2.74. The van der Waals surface area contributed by atoms with Crippen LogP contribution in [0.15, 0.2) is 0 Å². The zero-order chi connectivity index (χ0) is 12.7. The Morgan fingerprint density at radius 1 is 1.41 bits per heavy atom. The molecule has 1 saturated carbocycles. The Morgan fingerprint density at radius 2 is 2.06 bits per heavy atom. The van der Waals surface area contributed by atoms with Gasteiger partial charge in [0.2, 0.25) is 0 Å². The number of nitriles is 1. The molecule has 17 heavy (non-hydrogen) atoms. The standard InChI is InChI=1S/C14H27N3/c1-4-17(13-8-5-6-9-13)11-7-10-14(2,12-15)16-3/h13,16H,4-11H2,1-3H3. The Labute approximate surface area is 106 Å². The predicted molar refractivity (Wildman–Crippen MR) is 71.8 cm³/mol. The molecular weight excluding hydrogens is 210 g/mol. The second-order valence-electron chi connectivity index (χ2n) is 5.36. The highest BCUT2D eigenvalue weighted by Crippen LogP contribution is 2.24. The second-order valence-corrected chi connectivity index (χ2v) is 5.36. The molecule has 0 aromatic rings. The average molecular weight is 237 g/mol. The summed E-state index contributed by atoms with van der Waals surface area (Å²) in [5.74, 6) is 0. The van der Waals surface area contributed by atoms with E-state index in [1.807, 2.05) is 14.0 Å². The van der Waals surface area contributed by atoms with Gasteiger partial charge in [-0.05, 0) is 52.7 Å². The molecule has 98 valence electrons. The minimum atomic E-state index is -0.352. The molecule has 0 amide bonds. The summed E-state index contributed by atoms with van der Waals surface area (Å²) in [5.41, 5.74) is -0.352. The maximum absolute atomic E-state index is 9.09. The fourth-order valence-corrected chi connectivity index (χ4v) is 2.74. The largest absolute Gasteiger partial charge is 0.303 e. The molecule has 0 bridgehead atoms. The van der Waals surface area contributed by atoms with Gasteiger partial charge in [-0.25, -0.2) is 0 Å². The number of hydrogen-bond donors (Lipinski definition) is 1. The van der Waals surface area contributed by atoms with E-state index >= 15 is 0 Å². The lowest BCUT2D eigenvalue weighted by Gasteiger charge is -2.29. The van der Waals surface area contributed by atoms with E-state index in [1.54, 1.807) is 0 Å². The highest BCUT2D eigenvalue weighted by Gasteiger charge is 2.23. The fraction of sp³-hybridized carbons (Fsp3) is 0.929. The maximum atomic E-state index is 9.09. The van der Waals surface area contributed by atoms with Crippen molar-refractivity contribution in [2.45, 2.75) is 64.0 Å². The third-order valence-electron chi connectivity index (χ3n) is 4.17. The maximum Gasteiger partial charge on any atom is 0.103 e. The lowest BCUT2D eigenvalue weighted by molar-refractivity contribution is 0.200. The van der Waals surface area contributed by atoms with Crippen LogP contribution >= 0.6 is 0 Å². The molecule has 0 radical (unpaired) electrons. The Hall–Kier alpha value is -0.590. The summed E-state index contributed by atoms with van der Waals surface area (Å²) in [6.45, 7) is 6.52. The Morgan fingerprint density at radius 3 is 2.53 bits per heavy atom. The van der Waals surface area contributed by atoms with Gasteiger partial charge in [0.15, 0.2) is 0 Å². The van der Waals surface area contributed by atoms with Crippen LogP contribution < -0.4 is 5.32 Å². The molecule has 0 spiro atoms. The van der Waals surface area contributed by atoms with Crippen molar-refractivity contribution in [1.29, 1.82) is 5.26 Å². The molecule has 1 aliphatic rings. The highest BCUT2D eigenvalue weighted by atomic mass is 15.1. The summed E-state index contributed by atoms with van der Waals surface area (Å²) < 4.78 is 0. The van der Waals surface area contributed by atoms with E-state index in [0.29, 0.717) is 0 Å². The quantitative estimate of drug-likeness (QED) is 0.739. The molecule has 0 saturated heterocycles. The van der Waals surface area contributed by atoms with Crippen molar-refractivity contribution < 1.29 is 0 Å². The number of hydrogen-bond acceptors (Lipinski definition) is 3. The van der Waals surface area contributed by atoms with E-state index in [2.05, 4.69) is 23.2 Å². The first-order valence-electron chi connectivity index (χ1n) is 6.99. The molecule has 1 atom stereocenters. The van der Waals surface area contributed by atoms with E-state index in [-0.39, 0.29) is 5.54 Å². The number of nitrogens with zero attached hydrogens (tertiary/aromatic N) is 2. The topological polar surface area (TPSA) is 39.1 Å². The minimum Gasteiger partial charge on any atom is -0.303 e. The lowest BCUT2D eigenvalue weighted by Crippen LogP contribution is -2.40. The molecule has 1 fully saturated rings. The van der Waals surface area contributed by atoms with Gasteiger partial charge < -0.3 is 10.2 Å². The normalized spacial score (nSPS) is 20.4. The predicted octanol–water partition coefficient (Wildman–Crippen LogP) is 2.53. The van der Waals surface area contributed by atoms with Crippen LogP contribution in [0.25, 0.3) is 0 Å². The minimum absolute atomic E-state index is 0.352. The Bertz CT molecular complexity index is 253. The molecular formula is C14H27N3. The number of nitrogens with one attached hydrogen (secondary N) is 1. The Kier molecular flexibility index (Phi) is 5.94. The van der Waals surface area contributed by atoms with Crippen LogP contribution in [0.4, 0.5) is 0 Å². The summed E-state index contributed by atoms with van der Waals surface area (Å²) in [5, 5.41) is 12.2. The first-order valence-corrected chi connectivity index (χ1v) is 6.99. The van der Waals surface area contributed by atoms with Crippen LogP contribution in [0.1, 0.15) is 52.4 Å². The summed E-state index contributed by atoms with van der Waals surface area (Å²) in [7, 11) is 1.87. The van der Waals surface area contributed by atoms with Crippen LogP contribution in [0.2, 0.25) is 0 Å². The summed E-state index contributed by atoms with van der Waals surface area (Å²) >= 11 is 0. The lowest BCUT2D eigenvalue weighted by atomic mass is 9.97. The van der Waals surface area contributed by atoms with Gasteiger partial charge in [0.1, 0.15) is 5.54 Å². The van der Waals surface area contributed by atoms with Crippen LogP contribution in [-0.4, -0.2) is 36.6 Å². The summed E-state index contributed by atoms with van der Waals surface area (Å²) in [6, 6.07) is 3.17. The average Bonchev–Trinajstić information content (AvgIpc) is 2.88. The zero-order valence-electron chi connectivity index (χ0n) is 11.6. The molecule has 0 aromatic heterocycles. The zero-order valence-corrected chi connectivity index (χ0v) is 11.6. The van der Waals surface area contributed by atoms with E-state index < -0.39 is 0 Å². The number of rotatable bonds is 7. The van der Waals surface area contributed by atoms with Gasteiger partial charge in [0, 0.05) is 6.04 Å². The third kappa shape index (κ3) is 4.29.